The van der Waals surface area contributed by atoms with Gasteiger partial charge in [-0.3, -0.25) is 9.59 Å². The highest BCUT2D eigenvalue weighted by Gasteiger charge is 2.21. The Bertz CT molecular complexity index is 730. The Hall–Kier alpha value is -2.82. The Labute approximate surface area is 160 Å². The lowest BCUT2D eigenvalue weighted by Crippen LogP contribution is -2.33. The molecule has 0 saturated heterocycles. The lowest BCUT2D eigenvalue weighted by atomic mass is 10.1. The second-order valence-corrected chi connectivity index (χ2v) is 6.11. The fourth-order valence-corrected chi connectivity index (χ4v) is 2.67. The van der Waals surface area contributed by atoms with Gasteiger partial charge in [0.1, 0.15) is 5.75 Å². The molecule has 0 N–H and O–H groups in total. The van der Waals surface area contributed by atoms with E-state index in [1.54, 1.807) is 24.0 Å². The Morgan fingerprint density at radius 3 is 2.37 bits per heavy atom. The lowest BCUT2D eigenvalue weighted by molar-refractivity contribution is -0.143. The van der Waals surface area contributed by atoms with Crippen LogP contribution in [0.25, 0.3) is 0 Å². The molecule has 5 heteroatoms. The zero-order valence-corrected chi connectivity index (χ0v) is 16.0. The predicted octanol–water partition coefficient (Wildman–Crippen LogP) is 4.07. The summed E-state index contributed by atoms with van der Waals surface area (Å²) in [6.45, 7) is 5.37. The highest BCUT2D eigenvalue weighted by molar-refractivity contribution is 5.97. The third-order valence-corrected chi connectivity index (χ3v) is 3.97. The van der Waals surface area contributed by atoms with Gasteiger partial charge in [0.05, 0.1) is 25.2 Å². The number of benzene rings is 2. The molecule has 0 atom stereocenters. The van der Waals surface area contributed by atoms with Crippen LogP contribution in [0.3, 0.4) is 0 Å². The summed E-state index contributed by atoms with van der Waals surface area (Å²) in [4.78, 5) is 26.6. The lowest BCUT2D eigenvalue weighted by Gasteiger charge is -2.24. The predicted molar refractivity (Wildman–Crippen MR) is 105 cm³/mol. The molecule has 5 nitrogen and oxygen atoms in total. The number of hydrogen-bond donors (Lipinski definition) is 0. The van der Waals surface area contributed by atoms with E-state index in [2.05, 4.69) is 0 Å². The van der Waals surface area contributed by atoms with Crippen LogP contribution in [0.15, 0.2) is 54.6 Å². The number of para-hydroxylation sites is 1. The molecule has 2 rings (SSSR count). The van der Waals surface area contributed by atoms with Gasteiger partial charge in [0, 0.05) is 13.1 Å². The van der Waals surface area contributed by atoms with Gasteiger partial charge >= 0.3 is 5.97 Å². The second-order valence-electron chi connectivity index (χ2n) is 6.11. The van der Waals surface area contributed by atoms with E-state index in [1.807, 2.05) is 49.4 Å². The third kappa shape index (κ3) is 6.44. The Kier molecular flexibility index (Phi) is 8.36. The molecule has 0 aromatic heterocycles. The monoisotopic (exact) mass is 369 g/mol. The summed E-state index contributed by atoms with van der Waals surface area (Å²) < 4.78 is 10.7. The number of ether oxygens (including phenoxy) is 2. The van der Waals surface area contributed by atoms with Crippen molar-refractivity contribution in [2.75, 3.05) is 19.8 Å². The number of hydrogen-bond acceptors (Lipinski definition) is 4. The fourth-order valence-electron chi connectivity index (χ4n) is 2.67. The first kappa shape index (κ1) is 20.5. The van der Waals surface area contributed by atoms with Gasteiger partial charge < -0.3 is 14.4 Å². The maximum Gasteiger partial charge on any atom is 0.307 e. The zero-order chi connectivity index (χ0) is 19.5. The van der Waals surface area contributed by atoms with Gasteiger partial charge in [0.15, 0.2) is 0 Å². The van der Waals surface area contributed by atoms with Gasteiger partial charge in [-0.25, -0.2) is 0 Å². The summed E-state index contributed by atoms with van der Waals surface area (Å²) in [7, 11) is 0. The molecule has 0 aliphatic rings. The largest absolute Gasteiger partial charge is 0.493 e. The van der Waals surface area contributed by atoms with E-state index in [0.717, 1.165) is 12.0 Å². The van der Waals surface area contributed by atoms with Crippen LogP contribution in [0, 0.1) is 0 Å². The van der Waals surface area contributed by atoms with Gasteiger partial charge in [-0.1, -0.05) is 49.4 Å². The van der Waals surface area contributed by atoms with Crippen molar-refractivity contribution in [2.24, 2.45) is 0 Å². The number of carbonyl (C=O) groups excluding carboxylic acids is 2. The minimum atomic E-state index is -0.307. The normalized spacial score (nSPS) is 10.3. The molecule has 0 unspecified atom stereocenters. The van der Waals surface area contributed by atoms with Crippen LogP contribution >= 0.6 is 0 Å². The number of amides is 1. The van der Waals surface area contributed by atoms with E-state index >= 15 is 0 Å². The van der Waals surface area contributed by atoms with Crippen LogP contribution in [-0.2, 0) is 16.1 Å². The number of nitrogens with zero attached hydrogens (tertiary/aromatic N) is 1. The van der Waals surface area contributed by atoms with Crippen LogP contribution in [0.5, 0.6) is 5.75 Å². The molecule has 0 aliphatic carbocycles. The van der Waals surface area contributed by atoms with Gasteiger partial charge in [0.25, 0.3) is 5.91 Å². The van der Waals surface area contributed by atoms with E-state index in [4.69, 9.17) is 9.47 Å². The summed E-state index contributed by atoms with van der Waals surface area (Å²) in [6.07, 6.45) is 1.02. The first-order valence-electron chi connectivity index (χ1n) is 9.36. The maximum atomic E-state index is 13.2. The smallest absolute Gasteiger partial charge is 0.307 e. The van der Waals surface area contributed by atoms with Crippen molar-refractivity contribution in [1.82, 2.24) is 4.90 Å². The molecule has 2 aromatic rings. The first-order valence-corrected chi connectivity index (χ1v) is 9.36. The molecule has 27 heavy (non-hydrogen) atoms. The Balaban J connectivity index is 2.20. The van der Waals surface area contributed by atoms with Crippen molar-refractivity contribution in [3.05, 3.63) is 65.7 Å². The Morgan fingerprint density at radius 2 is 1.67 bits per heavy atom. The third-order valence-electron chi connectivity index (χ3n) is 3.97. The number of carbonyl (C=O) groups is 2. The van der Waals surface area contributed by atoms with E-state index in [1.165, 1.54) is 0 Å². The SMILES string of the molecule is CCCOc1ccccc1C(=O)N(CCC(=O)OCC)Cc1ccccc1. The Morgan fingerprint density at radius 1 is 0.963 bits per heavy atom. The topological polar surface area (TPSA) is 55.8 Å². The molecule has 0 bridgehead atoms. The minimum Gasteiger partial charge on any atom is -0.493 e. The summed E-state index contributed by atoms with van der Waals surface area (Å²) in [5, 5.41) is 0. The molecule has 0 fully saturated rings. The molecule has 1 amide bonds. The molecular weight excluding hydrogens is 342 g/mol. The summed E-state index contributed by atoms with van der Waals surface area (Å²) in [5.41, 5.74) is 1.51. The molecule has 0 aliphatic heterocycles. The van der Waals surface area contributed by atoms with E-state index in [0.29, 0.717) is 31.1 Å². The van der Waals surface area contributed by atoms with E-state index in [-0.39, 0.29) is 24.8 Å². The molecule has 144 valence electrons. The molecule has 2 aromatic carbocycles. The quantitative estimate of drug-likeness (QED) is 0.593. The summed E-state index contributed by atoms with van der Waals surface area (Å²) in [6, 6.07) is 16.9. The number of rotatable bonds is 10. The molecule has 0 heterocycles. The average molecular weight is 369 g/mol. The first-order chi connectivity index (χ1) is 13.2. The number of esters is 1. The van der Waals surface area contributed by atoms with Crippen LogP contribution < -0.4 is 4.74 Å². The van der Waals surface area contributed by atoms with Crippen molar-refractivity contribution in [3.8, 4) is 5.75 Å². The van der Waals surface area contributed by atoms with Crippen molar-refractivity contribution in [3.63, 3.8) is 0 Å². The fraction of sp³-hybridized carbons (Fsp3) is 0.364. The zero-order valence-electron chi connectivity index (χ0n) is 16.0. The van der Waals surface area contributed by atoms with E-state index < -0.39 is 0 Å². The summed E-state index contributed by atoms with van der Waals surface area (Å²) in [5.74, 6) is 0.104. The van der Waals surface area contributed by atoms with Crippen molar-refractivity contribution < 1.29 is 19.1 Å². The van der Waals surface area contributed by atoms with E-state index in [9.17, 15) is 9.59 Å². The standard InChI is InChI=1S/C22H27NO4/c1-3-16-27-20-13-9-8-12-19(20)22(25)23(15-14-21(24)26-4-2)17-18-10-6-5-7-11-18/h5-13H,3-4,14-17H2,1-2H3. The van der Waals surface area contributed by atoms with Crippen molar-refractivity contribution >= 4 is 11.9 Å². The van der Waals surface area contributed by atoms with Gasteiger partial charge in [-0.05, 0) is 31.0 Å². The van der Waals surface area contributed by atoms with Gasteiger partial charge in [-0.15, -0.1) is 0 Å². The van der Waals surface area contributed by atoms with Crippen molar-refractivity contribution in [1.29, 1.82) is 0 Å². The maximum absolute atomic E-state index is 13.2. The van der Waals surface area contributed by atoms with Gasteiger partial charge in [-0.2, -0.15) is 0 Å². The highest BCUT2D eigenvalue weighted by Crippen LogP contribution is 2.21. The highest BCUT2D eigenvalue weighted by atomic mass is 16.5. The second kappa shape index (κ2) is 11.0. The summed E-state index contributed by atoms with van der Waals surface area (Å²) >= 11 is 0. The van der Waals surface area contributed by atoms with Crippen LogP contribution in [0.1, 0.15) is 42.6 Å². The molecule has 0 radical (unpaired) electrons. The van der Waals surface area contributed by atoms with Gasteiger partial charge in [0.2, 0.25) is 0 Å². The van der Waals surface area contributed by atoms with Crippen molar-refractivity contribution in [2.45, 2.75) is 33.2 Å². The average Bonchev–Trinajstić information content (AvgIpc) is 2.70. The molecule has 0 saturated carbocycles. The van der Waals surface area contributed by atoms with Crippen LogP contribution in [0.2, 0.25) is 0 Å². The van der Waals surface area contributed by atoms with Crippen LogP contribution in [0.4, 0.5) is 0 Å². The van der Waals surface area contributed by atoms with Crippen LogP contribution in [-0.4, -0.2) is 36.5 Å². The molecule has 0 spiro atoms. The minimum absolute atomic E-state index is 0.157. The molecular formula is C22H27NO4.